The first-order chi connectivity index (χ1) is 9.90. The number of nitrogens with zero attached hydrogens (tertiary/aromatic N) is 1. The Kier molecular flexibility index (Phi) is 4.33. The largest absolute Gasteiger partial charge is 0.474 e. The number of furan rings is 1. The number of hydrogen-bond donors (Lipinski definition) is 1. The molecule has 1 saturated carbocycles. The predicted molar refractivity (Wildman–Crippen MR) is 76.4 cm³/mol. The molecule has 0 bridgehead atoms. The third-order valence-electron chi connectivity index (χ3n) is 3.60. The Morgan fingerprint density at radius 1 is 1.20 bits per heavy atom. The van der Waals surface area contributed by atoms with Gasteiger partial charge in [0.2, 0.25) is 5.88 Å². The first-order valence-corrected chi connectivity index (χ1v) is 7.25. The van der Waals surface area contributed by atoms with E-state index >= 15 is 0 Å². The van der Waals surface area contributed by atoms with Gasteiger partial charge in [-0.3, -0.25) is 0 Å². The van der Waals surface area contributed by atoms with Gasteiger partial charge in [-0.05, 0) is 43.4 Å². The number of nitrogens with one attached hydrogen (secondary N) is 1. The molecular formula is C16H20N2O2. The maximum Gasteiger partial charge on any atom is 0.213 e. The fraction of sp³-hybridized carbons (Fsp3) is 0.438. The van der Waals surface area contributed by atoms with Crippen LogP contribution in [-0.4, -0.2) is 11.1 Å². The normalized spacial score (nSPS) is 15.6. The molecule has 2 heterocycles. The lowest BCUT2D eigenvalue weighted by Crippen LogP contribution is -2.13. The van der Waals surface area contributed by atoms with Crippen molar-refractivity contribution in [2.75, 3.05) is 0 Å². The molecule has 0 atom stereocenters. The number of ether oxygens (including phenoxy) is 1. The van der Waals surface area contributed by atoms with Crippen LogP contribution in [0.15, 0.2) is 41.1 Å². The van der Waals surface area contributed by atoms with E-state index in [1.165, 1.54) is 12.8 Å². The fourth-order valence-electron chi connectivity index (χ4n) is 2.51. The summed E-state index contributed by atoms with van der Waals surface area (Å²) in [5, 5.41) is 3.32. The molecule has 4 nitrogen and oxygen atoms in total. The van der Waals surface area contributed by atoms with Crippen molar-refractivity contribution < 1.29 is 9.15 Å². The molecule has 2 aromatic heterocycles. The van der Waals surface area contributed by atoms with Crippen LogP contribution in [0.25, 0.3) is 0 Å². The Bertz CT molecular complexity index is 502. The highest BCUT2D eigenvalue weighted by Crippen LogP contribution is 2.22. The maximum absolute atomic E-state index is 5.85. The molecule has 4 heteroatoms. The van der Waals surface area contributed by atoms with E-state index in [2.05, 4.69) is 16.4 Å². The summed E-state index contributed by atoms with van der Waals surface area (Å²) in [7, 11) is 0. The van der Waals surface area contributed by atoms with Gasteiger partial charge in [-0.2, -0.15) is 0 Å². The second-order valence-corrected chi connectivity index (χ2v) is 5.21. The Hall–Kier alpha value is -1.81. The molecule has 3 rings (SSSR count). The predicted octanol–water partition coefficient (Wildman–Crippen LogP) is 3.29. The van der Waals surface area contributed by atoms with Crippen molar-refractivity contribution in [1.82, 2.24) is 10.3 Å². The minimum Gasteiger partial charge on any atom is -0.474 e. The zero-order valence-corrected chi connectivity index (χ0v) is 11.5. The number of pyridine rings is 1. The van der Waals surface area contributed by atoms with Gasteiger partial charge in [0, 0.05) is 18.8 Å². The fourth-order valence-corrected chi connectivity index (χ4v) is 2.51. The Morgan fingerprint density at radius 2 is 2.10 bits per heavy atom. The highest BCUT2D eigenvalue weighted by Gasteiger charge is 2.16. The van der Waals surface area contributed by atoms with E-state index < -0.39 is 0 Å². The van der Waals surface area contributed by atoms with Crippen LogP contribution in [0.3, 0.4) is 0 Å². The van der Waals surface area contributed by atoms with Crippen molar-refractivity contribution in [3.05, 3.63) is 48.0 Å². The van der Waals surface area contributed by atoms with Gasteiger partial charge >= 0.3 is 0 Å². The van der Waals surface area contributed by atoms with Crippen LogP contribution in [0.4, 0.5) is 0 Å². The smallest absolute Gasteiger partial charge is 0.213 e. The third-order valence-corrected chi connectivity index (χ3v) is 3.60. The zero-order chi connectivity index (χ0) is 13.6. The van der Waals surface area contributed by atoms with Crippen LogP contribution in [0.5, 0.6) is 5.88 Å². The summed E-state index contributed by atoms with van der Waals surface area (Å²) >= 11 is 0. The summed E-state index contributed by atoms with van der Waals surface area (Å²) in [6.07, 6.45) is 8.80. The van der Waals surface area contributed by atoms with E-state index in [4.69, 9.17) is 9.15 Å². The minimum absolute atomic E-state index is 0.366. The average molecular weight is 272 g/mol. The summed E-state index contributed by atoms with van der Waals surface area (Å²) in [5.74, 6) is 1.69. The van der Waals surface area contributed by atoms with Gasteiger partial charge in [0.05, 0.1) is 12.8 Å². The molecule has 2 aromatic rings. The van der Waals surface area contributed by atoms with Crippen molar-refractivity contribution in [2.24, 2.45) is 0 Å². The number of rotatable bonds is 6. The van der Waals surface area contributed by atoms with Crippen LogP contribution in [-0.2, 0) is 13.1 Å². The lowest BCUT2D eigenvalue weighted by molar-refractivity contribution is 0.201. The van der Waals surface area contributed by atoms with E-state index in [0.29, 0.717) is 6.10 Å². The molecule has 1 aliphatic rings. The van der Waals surface area contributed by atoms with Crippen molar-refractivity contribution >= 4 is 0 Å². The Balaban J connectivity index is 1.45. The van der Waals surface area contributed by atoms with Crippen LogP contribution in [0, 0.1) is 0 Å². The monoisotopic (exact) mass is 272 g/mol. The van der Waals surface area contributed by atoms with Gasteiger partial charge < -0.3 is 14.5 Å². The molecule has 0 aliphatic heterocycles. The van der Waals surface area contributed by atoms with Crippen LogP contribution < -0.4 is 10.1 Å². The molecule has 0 unspecified atom stereocenters. The molecule has 106 valence electrons. The Labute approximate surface area is 119 Å². The maximum atomic E-state index is 5.85. The summed E-state index contributed by atoms with van der Waals surface area (Å²) in [6, 6.07) is 7.88. The van der Waals surface area contributed by atoms with Crippen LogP contribution in [0.2, 0.25) is 0 Å². The lowest BCUT2D eigenvalue weighted by Gasteiger charge is -2.12. The summed E-state index contributed by atoms with van der Waals surface area (Å²) in [4.78, 5) is 4.37. The molecule has 0 spiro atoms. The van der Waals surface area contributed by atoms with Crippen LogP contribution in [0.1, 0.15) is 37.0 Å². The zero-order valence-electron chi connectivity index (χ0n) is 11.5. The number of aromatic nitrogens is 1. The molecule has 1 aliphatic carbocycles. The second-order valence-electron chi connectivity index (χ2n) is 5.21. The minimum atomic E-state index is 0.366. The molecular weight excluding hydrogens is 252 g/mol. The van der Waals surface area contributed by atoms with E-state index in [1.807, 2.05) is 24.4 Å². The Morgan fingerprint density at radius 3 is 2.80 bits per heavy atom. The average Bonchev–Trinajstić information content (AvgIpc) is 3.14. The first kappa shape index (κ1) is 13.2. The third kappa shape index (κ3) is 3.61. The van der Waals surface area contributed by atoms with Gasteiger partial charge in [-0.25, -0.2) is 4.98 Å². The highest BCUT2D eigenvalue weighted by atomic mass is 16.5. The molecule has 0 saturated heterocycles. The lowest BCUT2D eigenvalue weighted by atomic mass is 10.2. The summed E-state index contributed by atoms with van der Waals surface area (Å²) in [6.45, 7) is 1.50. The summed E-state index contributed by atoms with van der Waals surface area (Å²) < 4.78 is 11.1. The van der Waals surface area contributed by atoms with Gasteiger partial charge in [-0.15, -0.1) is 0 Å². The van der Waals surface area contributed by atoms with E-state index in [-0.39, 0.29) is 0 Å². The molecule has 20 heavy (non-hydrogen) atoms. The standard InChI is InChI=1S/C16H20N2O2/c1-2-5-14(4-1)20-16-8-7-13(11-18-16)10-17-12-15-6-3-9-19-15/h3,6-9,11,14,17H,1-2,4-5,10,12H2. The van der Waals surface area contributed by atoms with Crippen molar-refractivity contribution in [3.63, 3.8) is 0 Å². The first-order valence-electron chi connectivity index (χ1n) is 7.25. The second kappa shape index (κ2) is 6.57. The molecule has 0 aromatic carbocycles. The van der Waals surface area contributed by atoms with E-state index in [9.17, 15) is 0 Å². The van der Waals surface area contributed by atoms with Crippen molar-refractivity contribution in [3.8, 4) is 5.88 Å². The van der Waals surface area contributed by atoms with Gasteiger partial charge in [0.15, 0.2) is 0 Å². The summed E-state index contributed by atoms with van der Waals surface area (Å²) in [5.41, 5.74) is 1.15. The van der Waals surface area contributed by atoms with Gasteiger partial charge in [-0.1, -0.05) is 6.07 Å². The van der Waals surface area contributed by atoms with Crippen LogP contribution >= 0.6 is 0 Å². The molecule has 0 radical (unpaired) electrons. The molecule has 1 N–H and O–H groups in total. The number of hydrogen-bond acceptors (Lipinski definition) is 4. The van der Waals surface area contributed by atoms with Crippen molar-refractivity contribution in [2.45, 2.75) is 44.9 Å². The van der Waals surface area contributed by atoms with Gasteiger partial charge in [0.25, 0.3) is 0 Å². The van der Waals surface area contributed by atoms with E-state index in [1.54, 1.807) is 6.26 Å². The highest BCUT2D eigenvalue weighted by molar-refractivity contribution is 5.18. The quantitative estimate of drug-likeness (QED) is 0.876. The van der Waals surface area contributed by atoms with Gasteiger partial charge in [0.1, 0.15) is 11.9 Å². The topological polar surface area (TPSA) is 47.3 Å². The molecule has 1 fully saturated rings. The molecule has 0 amide bonds. The van der Waals surface area contributed by atoms with Crippen molar-refractivity contribution in [1.29, 1.82) is 0 Å². The SMILES string of the molecule is c1coc(CNCc2ccc(OC3CCCC3)nc2)c1. The van der Waals surface area contributed by atoms with E-state index in [0.717, 1.165) is 43.1 Å².